The monoisotopic (exact) mass is 332 g/mol. The minimum Gasteiger partial charge on any atom is -0.394 e. The van der Waals surface area contributed by atoms with Crippen molar-refractivity contribution in [3.63, 3.8) is 0 Å². The Kier molecular flexibility index (Phi) is 3.33. The second-order valence-corrected chi connectivity index (χ2v) is 5.28. The lowest BCUT2D eigenvalue weighted by Crippen LogP contribution is -2.33. The average Bonchev–Trinajstić information content (AvgIpc) is 3.25. The molecule has 24 heavy (non-hydrogen) atoms. The lowest BCUT2D eigenvalue weighted by atomic mass is 10.1. The summed E-state index contributed by atoms with van der Waals surface area (Å²) in [6.07, 6.45) is -0.0137. The van der Waals surface area contributed by atoms with E-state index in [1.54, 1.807) is 16.8 Å². The van der Waals surface area contributed by atoms with Gasteiger partial charge in [0.15, 0.2) is 23.0 Å². The molecule has 0 aliphatic carbocycles. The SMILES string of the molecule is [N-]=[N+]=Nc1nc2c(ncn3ccnc23)n1[C@@H]1O[C@H](CO)[C@@H](O)[C@H]1O. The molecule has 1 aliphatic heterocycles. The van der Waals surface area contributed by atoms with Crippen LogP contribution >= 0.6 is 0 Å². The molecule has 3 aromatic heterocycles. The van der Waals surface area contributed by atoms with Crippen LogP contribution in [0.4, 0.5) is 5.95 Å². The van der Waals surface area contributed by atoms with E-state index < -0.39 is 31.1 Å². The molecule has 0 saturated carbocycles. The van der Waals surface area contributed by atoms with Crippen LogP contribution in [0.3, 0.4) is 0 Å². The fraction of sp³-hybridized carbons (Fsp3) is 0.417. The molecule has 4 rings (SSSR count). The van der Waals surface area contributed by atoms with E-state index in [2.05, 4.69) is 25.0 Å². The maximum atomic E-state index is 10.2. The summed E-state index contributed by atoms with van der Waals surface area (Å²) in [5, 5.41) is 32.9. The van der Waals surface area contributed by atoms with Crippen molar-refractivity contribution in [2.45, 2.75) is 24.5 Å². The highest BCUT2D eigenvalue weighted by molar-refractivity contribution is 5.87. The van der Waals surface area contributed by atoms with E-state index in [1.807, 2.05) is 0 Å². The Bertz CT molecular complexity index is 961. The van der Waals surface area contributed by atoms with Crippen LogP contribution < -0.4 is 0 Å². The van der Waals surface area contributed by atoms with Crippen molar-refractivity contribution in [3.05, 3.63) is 29.2 Å². The van der Waals surface area contributed by atoms with Gasteiger partial charge in [-0.15, -0.1) is 0 Å². The van der Waals surface area contributed by atoms with Gasteiger partial charge in [0.25, 0.3) is 0 Å². The molecule has 12 nitrogen and oxygen atoms in total. The summed E-state index contributed by atoms with van der Waals surface area (Å²) in [6.45, 7) is -0.476. The lowest BCUT2D eigenvalue weighted by molar-refractivity contribution is -0.0502. The molecular formula is C12H12N8O4. The van der Waals surface area contributed by atoms with Gasteiger partial charge < -0.3 is 20.1 Å². The number of hydrogen-bond acceptors (Lipinski definition) is 8. The van der Waals surface area contributed by atoms with Crippen LogP contribution in [-0.2, 0) is 4.74 Å². The maximum Gasteiger partial charge on any atom is 0.201 e. The number of fused-ring (bicyclic) bond motifs is 3. The Morgan fingerprint density at radius 1 is 1.29 bits per heavy atom. The third-order valence-electron chi connectivity index (χ3n) is 3.96. The molecule has 1 aliphatic rings. The first-order valence-electron chi connectivity index (χ1n) is 7.03. The first-order valence-corrected chi connectivity index (χ1v) is 7.03. The van der Waals surface area contributed by atoms with Gasteiger partial charge in [0, 0.05) is 17.3 Å². The van der Waals surface area contributed by atoms with E-state index >= 15 is 0 Å². The van der Waals surface area contributed by atoms with Crippen LogP contribution in [0.25, 0.3) is 27.3 Å². The van der Waals surface area contributed by atoms with Crippen molar-refractivity contribution >= 4 is 22.8 Å². The van der Waals surface area contributed by atoms with E-state index in [9.17, 15) is 15.3 Å². The molecule has 0 amide bonds. The van der Waals surface area contributed by atoms with E-state index in [0.717, 1.165) is 0 Å². The third kappa shape index (κ3) is 1.95. The summed E-state index contributed by atoms with van der Waals surface area (Å²) >= 11 is 0. The van der Waals surface area contributed by atoms with Gasteiger partial charge in [-0.1, -0.05) is 0 Å². The van der Waals surface area contributed by atoms with Crippen molar-refractivity contribution in [3.8, 4) is 0 Å². The van der Waals surface area contributed by atoms with Crippen LogP contribution in [0.15, 0.2) is 23.8 Å². The maximum absolute atomic E-state index is 10.2. The van der Waals surface area contributed by atoms with Gasteiger partial charge in [-0.3, -0.25) is 8.97 Å². The summed E-state index contributed by atoms with van der Waals surface area (Å²) in [7, 11) is 0. The van der Waals surface area contributed by atoms with Gasteiger partial charge in [0.2, 0.25) is 5.95 Å². The van der Waals surface area contributed by atoms with Gasteiger partial charge in [-0.2, -0.15) is 0 Å². The van der Waals surface area contributed by atoms with Crippen LogP contribution in [0.1, 0.15) is 6.23 Å². The first-order chi connectivity index (χ1) is 11.7. The third-order valence-corrected chi connectivity index (χ3v) is 3.96. The molecule has 1 fully saturated rings. The summed E-state index contributed by atoms with van der Waals surface area (Å²) in [6, 6.07) is 0. The molecule has 3 aromatic rings. The van der Waals surface area contributed by atoms with Gasteiger partial charge in [0.1, 0.15) is 24.6 Å². The molecule has 4 heterocycles. The second kappa shape index (κ2) is 5.40. The van der Waals surface area contributed by atoms with Crippen LogP contribution in [0.5, 0.6) is 0 Å². The van der Waals surface area contributed by atoms with Crippen molar-refractivity contribution < 1.29 is 20.1 Å². The number of aromatic nitrogens is 5. The molecular weight excluding hydrogens is 320 g/mol. The zero-order valence-electron chi connectivity index (χ0n) is 12.1. The standard InChI is InChI=1S/C12H12N8O4/c13-18-17-12-16-6-9-14-1-2-19(9)4-15-10(6)20(12)11-8(23)7(22)5(3-21)24-11/h1-2,4-5,7-8,11,21-23H,3H2/t5-,7-,8-,11-/m1/s1. The van der Waals surface area contributed by atoms with Crippen molar-refractivity contribution in [1.29, 1.82) is 0 Å². The lowest BCUT2D eigenvalue weighted by Gasteiger charge is -2.17. The second-order valence-electron chi connectivity index (χ2n) is 5.28. The van der Waals surface area contributed by atoms with Gasteiger partial charge in [-0.05, 0) is 10.6 Å². The van der Waals surface area contributed by atoms with Gasteiger partial charge in [-0.25, -0.2) is 15.0 Å². The fourth-order valence-corrected chi connectivity index (χ4v) is 2.83. The molecule has 124 valence electrons. The van der Waals surface area contributed by atoms with Crippen molar-refractivity contribution in [1.82, 2.24) is 23.9 Å². The topological polar surface area (TPSA) is 167 Å². The average molecular weight is 332 g/mol. The number of ether oxygens (including phenoxy) is 1. The number of rotatable bonds is 3. The van der Waals surface area contributed by atoms with E-state index in [-0.39, 0.29) is 11.6 Å². The Balaban J connectivity index is 1.96. The summed E-state index contributed by atoms with van der Waals surface area (Å²) in [5.41, 5.74) is 9.88. The molecule has 12 heteroatoms. The fourth-order valence-electron chi connectivity index (χ4n) is 2.83. The largest absolute Gasteiger partial charge is 0.394 e. The minimum atomic E-state index is -1.36. The first kappa shape index (κ1) is 14.8. The normalized spacial score (nSPS) is 27.0. The molecule has 0 radical (unpaired) electrons. The quantitative estimate of drug-likeness (QED) is 0.334. The number of aliphatic hydroxyl groups is 3. The molecule has 0 unspecified atom stereocenters. The minimum absolute atomic E-state index is 0.0917. The number of aliphatic hydroxyl groups excluding tert-OH is 3. The molecule has 3 N–H and O–H groups in total. The molecule has 0 aromatic carbocycles. The molecule has 0 spiro atoms. The van der Waals surface area contributed by atoms with E-state index in [0.29, 0.717) is 11.2 Å². The summed E-state index contributed by atoms with van der Waals surface area (Å²) in [4.78, 5) is 15.4. The Hall–Kier alpha value is -2.76. The Labute approximate surface area is 133 Å². The van der Waals surface area contributed by atoms with Crippen molar-refractivity contribution in [2.24, 2.45) is 5.11 Å². The van der Waals surface area contributed by atoms with Crippen LogP contribution in [0, 0.1) is 0 Å². The predicted molar refractivity (Wildman–Crippen MR) is 78.1 cm³/mol. The zero-order valence-corrected chi connectivity index (χ0v) is 12.1. The predicted octanol–water partition coefficient (Wildman–Crippen LogP) is -0.368. The van der Waals surface area contributed by atoms with Gasteiger partial charge >= 0.3 is 0 Å². The number of hydrogen-bond donors (Lipinski definition) is 3. The number of azide groups is 1. The Morgan fingerprint density at radius 3 is 2.83 bits per heavy atom. The number of imidazole rings is 2. The molecule has 0 bridgehead atoms. The van der Waals surface area contributed by atoms with Crippen LogP contribution in [-0.4, -0.2) is 64.2 Å². The van der Waals surface area contributed by atoms with E-state index in [1.165, 1.54) is 10.9 Å². The zero-order chi connectivity index (χ0) is 16.8. The summed E-state index contributed by atoms with van der Waals surface area (Å²) < 4.78 is 8.41. The van der Waals surface area contributed by atoms with Crippen molar-refractivity contribution in [2.75, 3.05) is 6.61 Å². The highest BCUT2D eigenvalue weighted by atomic mass is 16.6. The Morgan fingerprint density at radius 2 is 2.12 bits per heavy atom. The summed E-state index contributed by atoms with van der Waals surface area (Å²) in [5.74, 6) is -0.0917. The van der Waals surface area contributed by atoms with E-state index in [4.69, 9.17) is 10.3 Å². The number of nitrogens with zero attached hydrogens (tertiary/aromatic N) is 8. The highest BCUT2D eigenvalue weighted by Gasteiger charge is 2.44. The van der Waals surface area contributed by atoms with Gasteiger partial charge in [0.05, 0.1) is 6.61 Å². The highest BCUT2D eigenvalue weighted by Crippen LogP contribution is 2.35. The smallest absolute Gasteiger partial charge is 0.201 e. The van der Waals surface area contributed by atoms with Crippen LogP contribution in [0.2, 0.25) is 0 Å². The molecule has 4 atom stereocenters. The molecule has 1 saturated heterocycles.